The van der Waals surface area contributed by atoms with Crippen LogP contribution in [0.4, 0.5) is 5.69 Å². The molecule has 136 valence electrons. The average Bonchev–Trinajstić information content (AvgIpc) is 2.56. The molecule has 0 aliphatic carbocycles. The van der Waals surface area contributed by atoms with Crippen LogP contribution in [-0.4, -0.2) is 30.4 Å². The number of carbonyl (C=O) groups excluding carboxylic acids is 1. The number of unbranched alkanes of at least 4 members (excludes halogenated alkanes) is 6. The van der Waals surface area contributed by atoms with E-state index in [1.807, 2.05) is 32.0 Å². The molecule has 1 amide bonds. The molecule has 1 rings (SSSR count). The second-order valence-corrected chi connectivity index (χ2v) is 6.81. The molecule has 0 aliphatic heterocycles. The summed E-state index contributed by atoms with van der Waals surface area (Å²) in [6, 6.07) is 6.11. The lowest BCUT2D eigenvalue weighted by Gasteiger charge is -2.20. The van der Waals surface area contributed by atoms with Crippen LogP contribution in [0.5, 0.6) is 0 Å². The van der Waals surface area contributed by atoms with E-state index in [1.54, 1.807) is 0 Å². The maximum absolute atomic E-state index is 12.3. The Kier molecular flexibility index (Phi) is 10.4. The summed E-state index contributed by atoms with van der Waals surface area (Å²) < 4.78 is 0. The van der Waals surface area contributed by atoms with Gasteiger partial charge in [0, 0.05) is 5.69 Å². The fraction of sp³-hybridized carbons (Fsp3) is 0.667. The van der Waals surface area contributed by atoms with E-state index in [-0.39, 0.29) is 5.91 Å². The molecule has 0 fully saturated rings. The minimum atomic E-state index is 0.0946. The molecule has 1 N–H and O–H groups in total. The number of rotatable bonds is 12. The summed E-state index contributed by atoms with van der Waals surface area (Å²) in [7, 11) is 0. The molecule has 0 bridgehead atoms. The minimum Gasteiger partial charge on any atom is -0.324 e. The van der Waals surface area contributed by atoms with Crippen LogP contribution in [0, 0.1) is 13.8 Å². The third-order valence-electron chi connectivity index (χ3n) is 4.64. The zero-order chi connectivity index (χ0) is 17.8. The van der Waals surface area contributed by atoms with Crippen molar-refractivity contribution >= 4 is 11.6 Å². The second kappa shape index (κ2) is 12.1. The zero-order valence-electron chi connectivity index (χ0n) is 16.2. The average molecular weight is 333 g/mol. The van der Waals surface area contributed by atoms with Crippen molar-refractivity contribution in [3.8, 4) is 0 Å². The van der Waals surface area contributed by atoms with Crippen LogP contribution < -0.4 is 5.32 Å². The van der Waals surface area contributed by atoms with E-state index >= 15 is 0 Å². The van der Waals surface area contributed by atoms with Crippen molar-refractivity contribution in [2.75, 3.05) is 25.0 Å². The van der Waals surface area contributed by atoms with Gasteiger partial charge in [0.05, 0.1) is 6.54 Å². The maximum atomic E-state index is 12.3. The molecule has 0 saturated heterocycles. The summed E-state index contributed by atoms with van der Waals surface area (Å²) in [5, 5.41) is 3.09. The molecule has 3 nitrogen and oxygen atoms in total. The number of anilines is 1. The topological polar surface area (TPSA) is 32.3 Å². The van der Waals surface area contributed by atoms with E-state index < -0.39 is 0 Å². The second-order valence-electron chi connectivity index (χ2n) is 6.81. The third kappa shape index (κ3) is 7.96. The maximum Gasteiger partial charge on any atom is 0.238 e. The van der Waals surface area contributed by atoms with Gasteiger partial charge in [-0.15, -0.1) is 0 Å². The monoisotopic (exact) mass is 332 g/mol. The first-order valence-electron chi connectivity index (χ1n) is 9.66. The predicted octanol–water partition coefficient (Wildman–Crippen LogP) is 5.31. The molecule has 0 aliphatic rings. The third-order valence-corrected chi connectivity index (χ3v) is 4.64. The van der Waals surface area contributed by atoms with Crippen molar-refractivity contribution in [1.82, 2.24) is 4.90 Å². The Morgan fingerprint density at radius 3 is 2.12 bits per heavy atom. The summed E-state index contributed by atoms with van der Waals surface area (Å²) >= 11 is 0. The molecule has 0 atom stereocenters. The van der Waals surface area contributed by atoms with Gasteiger partial charge < -0.3 is 5.32 Å². The molecule has 1 aromatic rings. The molecule has 0 heterocycles. The van der Waals surface area contributed by atoms with Gasteiger partial charge in [0.1, 0.15) is 0 Å². The van der Waals surface area contributed by atoms with Crippen LogP contribution in [0.15, 0.2) is 18.2 Å². The molecular weight excluding hydrogens is 296 g/mol. The van der Waals surface area contributed by atoms with Crippen LogP contribution in [0.3, 0.4) is 0 Å². The van der Waals surface area contributed by atoms with Crippen molar-refractivity contribution in [3.05, 3.63) is 29.3 Å². The number of likely N-dealkylation sites (N-methyl/N-ethyl adjacent to an activating group) is 1. The van der Waals surface area contributed by atoms with Gasteiger partial charge in [0.15, 0.2) is 0 Å². The fourth-order valence-electron chi connectivity index (χ4n) is 3.04. The van der Waals surface area contributed by atoms with Crippen molar-refractivity contribution in [2.24, 2.45) is 0 Å². The van der Waals surface area contributed by atoms with Crippen molar-refractivity contribution in [2.45, 2.75) is 72.6 Å². The highest BCUT2D eigenvalue weighted by Crippen LogP contribution is 2.19. The Morgan fingerprint density at radius 1 is 0.958 bits per heavy atom. The summed E-state index contributed by atoms with van der Waals surface area (Å²) in [5.41, 5.74) is 3.21. The number of para-hydroxylation sites is 1. The smallest absolute Gasteiger partial charge is 0.238 e. The quantitative estimate of drug-likeness (QED) is 0.526. The van der Waals surface area contributed by atoms with Crippen LogP contribution >= 0.6 is 0 Å². The van der Waals surface area contributed by atoms with Gasteiger partial charge >= 0.3 is 0 Å². The molecule has 24 heavy (non-hydrogen) atoms. The molecule has 0 radical (unpaired) electrons. The summed E-state index contributed by atoms with van der Waals surface area (Å²) in [4.78, 5) is 14.6. The largest absolute Gasteiger partial charge is 0.324 e. The normalized spacial score (nSPS) is 11.0. The molecular formula is C21H36N2O. The molecule has 0 unspecified atom stereocenters. The van der Waals surface area contributed by atoms with Crippen molar-refractivity contribution in [3.63, 3.8) is 0 Å². The number of benzene rings is 1. The van der Waals surface area contributed by atoms with E-state index in [0.29, 0.717) is 6.54 Å². The van der Waals surface area contributed by atoms with Crippen molar-refractivity contribution in [1.29, 1.82) is 0 Å². The molecule has 0 spiro atoms. The fourth-order valence-corrected chi connectivity index (χ4v) is 3.04. The molecule has 1 aromatic carbocycles. The lowest BCUT2D eigenvalue weighted by atomic mass is 10.1. The van der Waals surface area contributed by atoms with Gasteiger partial charge in [0.25, 0.3) is 0 Å². The standard InChI is InChI=1S/C21H36N2O/c1-5-7-8-9-10-11-12-16-23(6-2)17-20(24)22-21-18(3)14-13-15-19(21)4/h13-15H,5-12,16-17H2,1-4H3,(H,22,24). The zero-order valence-corrected chi connectivity index (χ0v) is 16.2. The SMILES string of the molecule is CCCCCCCCCN(CC)CC(=O)Nc1c(C)cccc1C. The van der Waals surface area contributed by atoms with Crippen LogP contribution in [-0.2, 0) is 4.79 Å². The summed E-state index contributed by atoms with van der Waals surface area (Å²) in [5.74, 6) is 0.0946. The van der Waals surface area contributed by atoms with Gasteiger partial charge in [-0.2, -0.15) is 0 Å². The first-order valence-corrected chi connectivity index (χ1v) is 9.66. The number of hydrogen-bond donors (Lipinski definition) is 1. The van der Waals surface area contributed by atoms with E-state index in [9.17, 15) is 4.79 Å². The van der Waals surface area contributed by atoms with E-state index in [2.05, 4.69) is 24.1 Å². The highest BCUT2D eigenvalue weighted by atomic mass is 16.2. The highest BCUT2D eigenvalue weighted by molar-refractivity contribution is 5.93. The van der Waals surface area contributed by atoms with Crippen molar-refractivity contribution < 1.29 is 4.79 Å². The van der Waals surface area contributed by atoms with E-state index in [0.717, 1.165) is 29.9 Å². The highest BCUT2D eigenvalue weighted by Gasteiger charge is 2.11. The van der Waals surface area contributed by atoms with Gasteiger partial charge in [-0.05, 0) is 44.5 Å². The van der Waals surface area contributed by atoms with E-state index in [4.69, 9.17) is 0 Å². The number of amides is 1. The Morgan fingerprint density at radius 2 is 1.54 bits per heavy atom. The molecule has 3 heteroatoms. The van der Waals surface area contributed by atoms with Gasteiger partial charge in [-0.25, -0.2) is 0 Å². The first-order chi connectivity index (χ1) is 11.6. The van der Waals surface area contributed by atoms with Crippen LogP contribution in [0.25, 0.3) is 0 Å². The lowest BCUT2D eigenvalue weighted by Crippen LogP contribution is -2.34. The number of nitrogens with zero attached hydrogens (tertiary/aromatic N) is 1. The minimum absolute atomic E-state index is 0.0946. The Labute approximate surface area is 148 Å². The van der Waals surface area contributed by atoms with Crippen LogP contribution in [0.1, 0.15) is 69.9 Å². The van der Waals surface area contributed by atoms with Gasteiger partial charge in [-0.1, -0.05) is 70.6 Å². The first kappa shape index (κ1) is 20.7. The number of nitrogens with one attached hydrogen (secondary N) is 1. The Hall–Kier alpha value is -1.35. The predicted molar refractivity (Wildman–Crippen MR) is 105 cm³/mol. The number of aryl methyl sites for hydroxylation is 2. The molecule has 0 aromatic heterocycles. The summed E-state index contributed by atoms with van der Waals surface area (Å²) in [6.45, 7) is 10.9. The van der Waals surface area contributed by atoms with Gasteiger partial charge in [-0.3, -0.25) is 9.69 Å². The Bertz CT molecular complexity index is 464. The van der Waals surface area contributed by atoms with Crippen LogP contribution in [0.2, 0.25) is 0 Å². The number of hydrogen-bond acceptors (Lipinski definition) is 2. The Balaban J connectivity index is 2.30. The molecule has 0 saturated carbocycles. The van der Waals surface area contributed by atoms with E-state index in [1.165, 1.54) is 44.9 Å². The summed E-state index contributed by atoms with van der Waals surface area (Å²) in [6.07, 6.45) is 9.18. The number of carbonyl (C=O) groups is 1. The van der Waals surface area contributed by atoms with Gasteiger partial charge in [0.2, 0.25) is 5.91 Å². The lowest BCUT2D eigenvalue weighted by molar-refractivity contribution is -0.117.